The van der Waals surface area contributed by atoms with Crippen molar-refractivity contribution in [1.82, 2.24) is 0 Å². The van der Waals surface area contributed by atoms with E-state index in [-0.39, 0.29) is 0 Å². The summed E-state index contributed by atoms with van der Waals surface area (Å²) in [5.74, 6) is -3.33. The first-order chi connectivity index (χ1) is 13.6. The summed E-state index contributed by atoms with van der Waals surface area (Å²) < 4.78 is 68.6. The second kappa shape index (κ2) is 9.50. The van der Waals surface area contributed by atoms with Gasteiger partial charge in [0.15, 0.2) is 0 Å². The molecule has 0 aliphatic rings. The van der Waals surface area contributed by atoms with E-state index < -0.39 is 57.4 Å². The number of hydrogen-bond acceptors (Lipinski definition) is 4. The number of carbonyl (C=O) groups excluding carboxylic acids is 2. The molecule has 0 spiro atoms. The van der Waals surface area contributed by atoms with E-state index in [2.05, 4.69) is 5.32 Å². The number of carbonyl (C=O) groups is 2. The van der Waals surface area contributed by atoms with Crippen molar-refractivity contribution in [2.24, 2.45) is 0 Å². The minimum Gasteiger partial charge on any atom is -0.497 e. The zero-order valence-corrected chi connectivity index (χ0v) is 15.8. The lowest BCUT2D eigenvalue weighted by atomic mass is 10.2. The van der Waals surface area contributed by atoms with Crippen LogP contribution in [0.3, 0.4) is 0 Å². The van der Waals surface area contributed by atoms with Crippen LogP contribution >= 0.6 is 0 Å². The summed E-state index contributed by atoms with van der Waals surface area (Å²) in [7, 11) is -0.477. The van der Waals surface area contributed by atoms with Crippen LogP contribution in [0.2, 0.25) is 0 Å². The van der Waals surface area contributed by atoms with Crippen molar-refractivity contribution >= 4 is 34.0 Å². The number of hydrogen-bond donors (Lipinski definition) is 2. The van der Waals surface area contributed by atoms with Gasteiger partial charge in [-0.1, -0.05) is 0 Å². The first kappa shape index (κ1) is 22.3. The van der Waals surface area contributed by atoms with E-state index >= 15 is 0 Å². The van der Waals surface area contributed by atoms with E-state index in [0.717, 1.165) is 0 Å². The van der Waals surface area contributed by atoms with E-state index in [1.165, 1.54) is 7.11 Å². The number of halogens is 4. The summed E-state index contributed by atoms with van der Waals surface area (Å²) in [6.45, 7) is 0. The molecular formula is C18H16F4N2O4S. The first-order valence-corrected chi connectivity index (χ1v) is 9.53. The number of alkyl halides is 3. The molecule has 1 atom stereocenters. The number of rotatable bonds is 7. The molecule has 0 saturated heterocycles. The van der Waals surface area contributed by atoms with Crippen LogP contribution in [-0.4, -0.2) is 34.6 Å². The molecule has 0 fully saturated rings. The second-order valence-corrected chi connectivity index (χ2v) is 7.20. The first-order valence-electron chi connectivity index (χ1n) is 8.04. The number of amides is 2. The van der Waals surface area contributed by atoms with Crippen LogP contribution in [0.25, 0.3) is 0 Å². The topological polar surface area (TPSA) is 84.5 Å². The van der Waals surface area contributed by atoms with E-state index in [4.69, 9.17) is 4.74 Å². The molecule has 2 aromatic carbocycles. The van der Waals surface area contributed by atoms with Gasteiger partial charge in [-0.15, -0.1) is 0 Å². The van der Waals surface area contributed by atoms with Gasteiger partial charge in [-0.2, -0.15) is 13.2 Å². The molecule has 6 nitrogen and oxygen atoms in total. The van der Waals surface area contributed by atoms with Crippen molar-refractivity contribution in [1.29, 1.82) is 0 Å². The van der Waals surface area contributed by atoms with Crippen molar-refractivity contribution in [3.63, 3.8) is 0 Å². The Morgan fingerprint density at radius 1 is 1.00 bits per heavy atom. The van der Waals surface area contributed by atoms with Gasteiger partial charge < -0.3 is 15.4 Å². The summed E-state index contributed by atoms with van der Waals surface area (Å²) >= 11 is 0. The Balaban J connectivity index is 1.90. The van der Waals surface area contributed by atoms with Crippen LogP contribution < -0.4 is 15.4 Å². The van der Waals surface area contributed by atoms with Crippen molar-refractivity contribution in [2.45, 2.75) is 6.18 Å². The van der Waals surface area contributed by atoms with Gasteiger partial charge in [0.25, 0.3) is 0 Å². The summed E-state index contributed by atoms with van der Waals surface area (Å²) in [5, 5.41) is 4.41. The van der Waals surface area contributed by atoms with E-state index in [1.54, 1.807) is 24.3 Å². The van der Waals surface area contributed by atoms with Gasteiger partial charge in [0.1, 0.15) is 23.1 Å². The Bertz CT molecular complexity index is 917. The molecule has 29 heavy (non-hydrogen) atoms. The smallest absolute Gasteiger partial charge is 0.416 e. The molecule has 0 heterocycles. The molecule has 2 aromatic rings. The molecule has 156 valence electrons. The van der Waals surface area contributed by atoms with E-state index in [0.29, 0.717) is 29.6 Å². The maximum atomic E-state index is 13.6. The van der Waals surface area contributed by atoms with E-state index in [1.807, 2.05) is 5.32 Å². The second-order valence-electron chi connectivity index (χ2n) is 5.75. The molecule has 0 aliphatic carbocycles. The van der Waals surface area contributed by atoms with Crippen LogP contribution in [-0.2, 0) is 26.6 Å². The lowest BCUT2D eigenvalue weighted by Crippen LogP contribution is -2.26. The van der Waals surface area contributed by atoms with Crippen molar-refractivity contribution < 1.29 is 36.1 Å². The Kier molecular flexibility index (Phi) is 7.32. The van der Waals surface area contributed by atoms with Crippen LogP contribution in [0.4, 0.5) is 28.9 Å². The molecule has 0 aromatic heterocycles. The van der Waals surface area contributed by atoms with E-state index in [9.17, 15) is 31.4 Å². The fourth-order valence-corrected chi connectivity index (χ4v) is 3.03. The molecule has 2 amide bonds. The average molecular weight is 432 g/mol. The Morgan fingerprint density at radius 3 is 2.14 bits per heavy atom. The lowest BCUT2D eigenvalue weighted by molar-refractivity contribution is -0.137. The number of methoxy groups -OCH3 is 1. The van der Waals surface area contributed by atoms with Crippen LogP contribution in [0, 0.1) is 5.82 Å². The number of nitrogens with one attached hydrogen (secondary N) is 2. The highest BCUT2D eigenvalue weighted by atomic mass is 32.2. The van der Waals surface area contributed by atoms with Gasteiger partial charge in [0.05, 0.1) is 18.4 Å². The Hall–Kier alpha value is -2.95. The third-order valence-corrected chi connectivity index (χ3v) is 4.69. The highest BCUT2D eigenvalue weighted by molar-refractivity contribution is 7.86. The summed E-state index contributed by atoms with van der Waals surface area (Å²) in [5.41, 5.74) is -1.41. The SMILES string of the molecule is COc1ccc(NC(=O)C[S@](=O)CC(=O)Nc2cc(C(F)(F)F)ccc2F)cc1. The Morgan fingerprint density at radius 2 is 1.59 bits per heavy atom. The fourth-order valence-electron chi connectivity index (χ4n) is 2.20. The quantitative estimate of drug-likeness (QED) is 0.659. The van der Waals surface area contributed by atoms with Crippen LogP contribution in [0.1, 0.15) is 5.56 Å². The summed E-state index contributed by atoms with van der Waals surface area (Å²) in [6, 6.07) is 7.86. The van der Waals surface area contributed by atoms with Crippen molar-refractivity contribution in [3.8, 4) is 5.75 Å². The van der Waals surface area contributed by atoms with Gasteiger partial charge >= 0.3 is 6.18 Å². The lowest BCUT2D eigenvalue weighted by Gasteiger charge is -2.11. The predicted molar refractivity (Wildman–Crippen MR) is 99.5 cm³/mol. The summed E-state index contributed by atoms with van der Waals surface area (Å²) in [6.07, 6.45) is -4.71. The summed E-state index contributed by atoms with van der Waals surface area (Å²) in [4.78, 5) is 23.7. The zero-order valence-electron chi connectivity index (χ0n) is 15.0. The minimum atomic E-state index is -4.71. The molecule has 0 aliphatic heterocycles. The van der Waals surface area contributed by atoms with Gasteiger partial charge in [-0.05, 0) is 42.5 Å². The molecule has 2 rings (SSSR count). The predicted octanol–water partition coefficient (Wildman–Crippen LogP) is 3.18. The molecule has 0 bridgehead atoms. The molecule has 11 heteroatoms. The van der Waals surface area contributed by atoms with Gasteiger partial charge in [-0.3, -0.25) is 13.8 Å². The third-order valence-electron chi connectivity index (χ3n) is 3.53. The van der Waals surface area contributed by atoms with Crippen LogP contribution in [0.15, 0.2) is 42.5 Å². The Labute approximate surface area is 165 Å². The molecule has 0 unspecified atom stereocenters. The maximum Gasteiger partial charge on any atom is 0.416 e. The molecular weight excluding hydrogens is 416 g/mol. The largest absolute Gasteiger partial charge is 0.497 e. The van der Waals surface area contributed by atoms with Gasteiger partial charge in [-0.25, -0.2) is 4.39 Å². The number of ether oxygens (including phenoxy) is 1. The standard InChI is InChI=1S/C18H16F4N2O4S/c1-28-13-5-3-12(4-6-13)23-16(25)9-29(27)10-17(26)24-15-8-11(18(20,21)22)2-7-14(15)19/h2-8H,9-10H2,1H3,(H,23,25)(H,24,26)/t29-/m0/s1. The highest BCUT2D eigenvalue weighted by Gasteiger charge is 2.31. The fraction of sp³-hybridized carbons (Fsp3) is 0.222. The number of anilines is 2. The van der Waals surface area contributed by atoms with Crippen molar-refractivity contribution in [2.75, 3.05) is 29.2 Å². The minimum absolute atomic E-state index is 0.420. The number of benzene rings is 2. The zero-order chi connectivity index (χ0) is 21.6. The van der Waals surface area contributed by atoms with Crippen molar-refractivity contribution in [3.05, 3.63) is 53.8 Å². The van der Waals surface area contributed by atoms with Gasteiger partial charge in [0.2, 0.25) is 11.8 Å². The van der Waals surface area contributed by atoms with Gasteiger partial charge in [0, 0.05) is 16.5 Å². The monoisotopic (exact) mass is 432 g/mol. The molecule has 2 N–H and O–H groups in total. The third kappa shape index (κ3) is 6.86. The maximum absolute atomic E-state index is 13.6. The highest BCUT2D eigenvalue weighted by Crippen LogP contribution is 2.31. The average Bonchev–Trinajstić information content (AvgIpc) is 2.62. The normalized spacial score (nSPS) is 12.2. The molecule has 0 saturated carbocycles. The van der Waals surface area contributed by atoms with Crippen LogP contribution in [0.5, 0.6) is 5.75 Å². The molecule has 0 radical (unpaired) electrons.